The number of hydrogen-bond donors (Lipinski definition) is 1. The second kappa shape index (κ2) is 9.92. The minimum atomic E-state index is -0.229. The van der Waals surface area contributed by atoms with Gasteiger partial charge in [0.15, 0.2) is 0 Å². The van der Waals surface area contributed by atoms with Gasteiger partial charge in [0.25, 0.3) is 0 Å². The maximum absolute atomic E-state index is 13.8. The highest BCUT2D eigenvalue weighted by molar-refractivity contribution is 5.95. The van der Waals surface area contributed by atoms with E-state index in [1.165, 1.54) is 69.9 Å². The van der Waals surface area contributed by atoms with E-state index in [1.807, 2.05) is 18.5 Å². The van der Waals surface area contributed by atoms with Crippen molar-refractivity contribution in [1.82, 2.24) is 19.8 Å². The average Bonchev–Trinajstić information content (AvgIpc) is 3.34. The van der Waals surface area contributed by atoms with E-state index in [2.05, 4.69) is 50.1 Å². The number of nitrogens with zero attached hydrogens (tertiary/aromatic N) is 3. The lowest BCUT2D eigenvalue weighted by atomic mass is 9.99. The van der Waals surface area contributed by atoms with Crippen molar-refractivity contribution in [3.8, 4) is 22.3 Å². The molecular formula is C30H33FN4. The Morgan fingerprint density at radius 1 is 0.857 bits per heavy atom. The summed E-state index contributed by atoms with van der Waals surface area (Å²) >= 11 is 0. The Kier molecular flexibility index (Phi) is 6.36. The number of hydrogen-bond acceptors (Lipinski definition) is 3. The number of benzene rings is 2. The summed E-state index contributed by atoms with van der Waals surface area (Å²) < 4.78 is 13.8. The van der Waals surface area contributed by atoms with Gasteiger partial charge in [-0.05, 0) is 86.8 Å². The van der Waals surface area contributed by atoms with E-state index >= 15 is 0 Å². The fourth-order valence-electron chi connectivity index (χ4n) is 5.84. The van der Waals surface area contributed by atoms with Gasteiger partial charge in [-0.25, -0.2) is 9.37 Å². The van der Waals surface area contributed by atoms with Crippen molar-refractivity contribution in [2.45, 2.75) is 44.7 Å². The number of fused-ring (bicyclic) bond motifs is 1. The van der Waals surface area contributed by atoms with Gasteiger partial charge in [-0.2, -0.15) is 0 Å². The van der Waals surface area contributed by atoms with Crippen molar-refractivity contribution < 1.29 is 4.39 Å². The van der Waals surface area contributed by atoms with E-state index < -0.39 is 0 Å². The number of rotatable bonds is 5. The number of nitrogens with one attached hydrogen (secondary N) is 1. The zero-order valence-electron chi connectivity index (χ0n) is 20.2. The zero-order chi connectivity index (χ0) is 23.6. The van der Waals surface area contributed by atoms with Crippen LogP contribution in [0.2, 0.25) is 0 Å². The molecule has 2 aliphatic heterocycles. The second-order valence-corrected chi connectivity index (χ2v) is 10.1. The van der Waals surface area contributed by atoms with Crippen molar-refractivity contribution in [1.29, 1.82) is 0 Å². The second-order valence-electron chi connectivity index (χ2n) is 10.1. The number of likely N-dealkylation sites (tertiary alicyclic amines) is 2. The van der Waals surface area contributed by atoms with Gasteiger partial charge >= 0.3 is 0 Å². The molecule has 5 heteroatoms. The largest absolute Gasteiger partial charge is 0.346 e. The average molecular weight is 469 g/mol. The molecule has 2 saturated heterocycles. The molecule has 180 valence electrons. The zero-order valence-corrected chi connectivity index (χ0v) is 20.2. The summed E-state index contributed by atoms with van der Waals surface area (Å²) in [5.74, 6) is -0.229. The molecule has 0 radical (unpaired) electrons. The van der Waals surface area contributed by atoms with Gasteiger partial charge in [-0.1, -0.05) is 42.8 Å². The van der Waals surface area contributed by atoms with Crippen LogP contribution in [-0.4, -0.2) is 52.0 Å². The van der Waals surface area contributed by atoms with Gasteiger partial charge in [0, 0.05) is 41.5 Å². The van der Waals surface area contributed by atoms with Crippen LogP contribution >= 0.6 is 0 Å². The van der Waals surface area contributed by atoms with Crippen LogP contribution in [0.5, 0.6) is 0 Å². The first-order valence-electron chi connectivity index (χ1n) is 13.0. The minimum Gasteiger partial charge on any atom is -0.346 e. The lowest BCUT2D eigenvalue weighted by Gasteiger charge is -2.40. The Hall–Kier alpha value is -3.02. The maximum atomic E-state index is 13.8. The number of piperidine rings is 2. The highest BCUT2D eigenvalue weighted by Crippen LogP contribution is 2.31. The molecule has 4 heterocycles. The van der Waals surface area contributed by atoms with E-state index in [4.69, 9.17) is 0 Å². The SMILES string of the molecule is Fc1cccc(-c2c[nH]c3ncc(-c4ccc(CN5CCC(N6CCCCC6)CC5)cc4)cc23)c1. The molecule has 0 unspecified atom stereocenters. The standard InChI is InChI=1S/C30H33FN4/c31-26-6-4-5-24(17-26)29-20-33-30-28(29)18-25(19-32-30)23-9-7-22(8-10-23)21-34-15-11-27(12-16-34)35-13-2-1-3-14-35/h4-10,17-20,27H,1-3,11-16,21H2,(H,32,33). The third-order valence-electron chi connectivity index (χ3n) is 7.82. The van der Waals surface area contributed by atoms with Crippen LogP contribution in [0.3, 0.4) is 0 Å². The molecule has 0 amide bonds. The Morgan fingerprint density at radius 3 is 2.43 bits per heavy atom. The van der Waals surface area contributed by atoms with E-state index in [0.717, 1.165) is 45.9 Å². The minimum absolute atomic E-state index is 0.229. The van der Waals surface area contributed by atoms with Crippen molar-refractivity contribution in [2.24, 2.45) is 0 Å². The summed E-state index contributed by atoms with van der Waals surface area (Å²) in [7, 11) is 0. The van der Waals surface area contributed by atoms with Crippen molar-refractivity contribution in [3.63, 3.8) is 0 Å². The molecule has 1 N–H and O–H groups in total. The van der Waals surface area contributed by atoms with Crippen LogP contribution in [0.25, 0.3) is 33.3 Å². The van der Waals surface area contributed by atoms with Gasteiger partial charge in [0.1, 0.15) is 11.5 Å². The first kappa shape index (κ1) is 22.4. The molecule has 4 aromatic rings. The predicted molar refractivity (Wildman–Crippen MR) is 141 cm³/mol. The van der Waals surface area contributed by atoms with Crippen LogP contribution < -0.4 is 0 Å². The number of halogens is 1. The third kappa shape index (κ3) is 4.89. The number of H-pyrrole nitrogens is 1. The summed E-state index contributed by atoms with van der Waals surface area (Å²) in [5.41, 5.74) is 6.23. The Bertz CT molecular complexity index is 1280. The topological polar surface area (TPSA) is 35.2 Å². The highest BCUT2D eigenvalue weighted by atomic mass is 19.1. The fourth-order valence-corrected chi connectivity index (χ4v) is 5.84. The van der Waals surface area contributed by atoms with Crippen molar-refractivity contribution in [2.75, 3.05) is 26.2 Å². The lowest BCUT2D eigenvalue weighted by molar-refractivity contribution is 0.0896. The lowest BCUT2D eigenvalue weighted by Crippen LogP contribution is -2.46. The van der Waals surface area contributed by atoms with Crippen LogP contribution in [0.1, 0.15) is 37.7 Å². The monoisotopic (exact) mass is 468 g/mol. The molecular weight excluding hydrogens is 435 g/mol. The van der Waals surface area contributed by atoms with Crippen LogP contribution in [0, 0.1) is 5.82 Å². The van der Waals surface area contributed by atoms with E-state index in [1.54, 1.807) is 12.1 Å². The molecule has 0 aliphatic carbocycles. The van der Waals surface area contributed by atoms with Crippen LogP contribution in [0.15, 0.2) is 67.0 Å². The van der Waals surface area contributed by atoms with Crippen molar-refractivity contribution in [3.05, 3.63) is 78.4 Å². The van der Waals surface area contributed by atoms with Gasteiger partial charge in [0.2, 0.25) is 0 Å². The normalized spacial score (nSPS) is 18.3. The highest BCUT2D eigenvalue weighted by Gasteiger charge is 2.25. The van der Waals surface area contributed by atoms with Crippen LogP contribution in [0.4, 0.5) is 4.39 Å². The fraction of sp³-hybridized carbons (Fsp3) is 0.367. The van der Waals surface area contributed by atoms with Gasteiger partial charge < -0.3 is 9.88 Å². The van der Waals surface area contributed by atoms with Crippen molar-refractivity contribution >= 4 is 11.0 Å². The Labute approximate surface area is 206 Å². The van der Waals surface area contributed by atoms with Gasteiger partial charge in [-0.3, -0.25) is 4.90 Å². The molecule has 6 rings (SSSR count). The number of pyridine rings is 1. The molecule has 4 nitrogen and oxygen atoms in total. The summed E-state index contributed by atoms with van der Waals surface area (Å²) in [6.45, 7) is 6.02. The first-order valence-corrected chi connectivity index (χ1v) is 13.0. The quantitative estimate of drug-likeness (QED) is 0.364. The molecule has 35 heavy (non-hydrogen) atoms. The summed E-state index contributed by atoms with van der Waals surface area (Å²) in [4.78, 5) is 13.2. The van der Waals surface area contributed by atoms with E-state index in [9.17, 15) is 4.39 Å². The number of aromatic amines is 1. The molecule has 2 aromatic carbocycles. The van der Waals surface area contributed by atoms with Gasteiger partial charge in [0.05, 0.1) is 0 Å². The molecule has 0 atom stereocenters. The predicted octanol–water partition coefficient (Wildman–Crippen LogP) is 6.49. The van der Waals surface area contributed by atoms with Gasteiger partial charge in [-0.15, -0.1) is 0 Å². The third-order valence-corrected chi connectivity index (χ3v) is 7.82. The Morgan fingerprint density at radius 2 is 1.66 bits per heavy atom. The molecule has 2 fully saturated rings. The summed E-state index contributed by atoms with van der Waals surface area (Å²) in [6.07, 6.45) is 10.6. The molecule has 2 aliphatic rings. The Balaban J connectivity index is 1.13. The molecule has 2 aromatic heterocycles. The van der Waals surface area contributed by atoms with Crippen LogP contribution in [-0.2, 0) is 6.54 Å². The molecule has 0 bridgehead atoms. The van der Waals surface area contributed by atoms with E-state index in [0.29, 0.717) is 0 Å². The first-order chi connectivity index (χ1) is 17.2. The molecule has 0 saturated carbocycles. The maximum Gasteiger partial charge on any atom is 0.137 e. The summed E-state index contributed by atoms with van der Waals surface area (Å²) in [5, 5.41) is 1.01. The smallest absolute Gasteiger partial charge is 0.137 e. The summed E-state index contributed by atoms with van der Waals surface area (Å²) in [6, 6.07) is 18.6. The molecule has 0 spiro atoms. The number of aromatic nitrogens is 2. The van der Waals surface area contributed by atoms with E-state index in [-0.39, 0.29) is 5.82 Å².